The van der Waals surface area contributed by atoms with Crippen LogP contribution in [0.1, 0.15) is 48.5 Å². The Morgan fingerprint density at radius 3 is 2.49 bits per heavy atom. The highest BCUT2D eigenvalue weighted by Crippen LogP contribution is 2.43. The first kappa shape index (κ1) is 27.1. The van der Waals surface area contributed by atoms with Gasteiger partial charge >= 0.3 is 0 Å². The summed E-state index contributed by atoms with van der Waals surface area (Å²) < 4.78 is 13.2. The van der Waals surface area contributed by atoms with Crippen molar-refractivity contribution in [2.45, 2.75) is 50.7 Å². The maximum absolute atomic E-state index is 11.4. The molecule has 9 heteroatoms. The first-order valence-electron chi connectivity index (χ1n) is 12.9. The van der Waals surface area contributed by atoms with Gasteiger partial charge in [-0.2, -0.15) is 5.10 Å². The van der Waals surface area contributed by atoms with Gasteiger partial charge in [0, 0.05) is 30.7 Å². The van der Waals surface area contributed by atoms with E-state index in [1.807, 2.05) is 48.5 Å². The molecule has 1 aliphatic rings. The highest BCUT2D eigenvalue weighted by Gasteiger charge is 2.38. The van der Waals surface area contributed by atoms with Gasteiger partial charge in [-0.1, -0.05) is 79.3 Å². The van der Waals surface area contributed by atoms with Crippen molar-refractivity contribution in [3.63, 3.8) is 0 Å². The number of carbonyl (C=O) groups excluding carboxylic acids is 1. The fourth-order valence-electron chi connectivity index (χ4n) is 4.69. The second-order valence-electron chi connectivity index (χ2n) is 9.66. The molecule has 0 bridgehead atoms. The Hall–Kier alpha value is -3.50. The van der Waals surface area contributed by atoms with Gasteiger partial charge in [0.15, 0.2) is 11.4 Å². The Morgan fingerprint density at radius 1 is 1.00 bits per heavy atom. The van der Waals surface area contributed by atoms with Gasteiger partial charge in [-0.05, 0) is 39.9 Å². The third kappa shape index (κ3) is 6.75. The molecule has 5 rings (SSSR count). The van der Waals surface area contributed by atoms with E-state index in [0.717, 1.165) is 38.5 Å². The highest BCUT2D eigenvalue weighted by molar-refractivity contribution is 7.99. The van der Waals surface area contributed by atoms with Crippen molar-refractivity contribution in [2.24, 2.45) is 5.92 Å². The monoisotopic (exact) mass is 544 g/mol. The van der Waals surface area contributed by atoms with Crippen molar-refractivity contribution in [2.75, 3.05) is 5.75 Å². The van der Waals surface area contributed by atoms with E-state index in [4.69, 9.17) is 9.47 Å². The standard InChI is InChI=1S/C30H32N4O4S/c1-19-27(17-39-30-32-18-33-34-30)37-29(38-28(19)23-11-9-21(16-35)10-12-23)26-8-4-7-25(14-26)24-6-3-5-22(13-24)15-31-20(2)36/h3-14,18-19,27-29,35H,15-17H2,1-2H3,(H,31,36)(H,32,33,34)/t19-,27+,28+,29+/m0/s1. The van der Waals surface area contributed by atoms with E-state index in [2.05, 4.69) is 51.7 Å². The van der Waals surface area contributed by atoms with E-state index >= 15 is 0 Å². The van der Waals surface area contributed by atoms with E-state index in [1.54, 1.807) is 11.8 Å². The third-order valence-electron chi connectivity index (χ3n) is 6.86. The summed E-state index contributed by atoms with van der Waals surface area (Å²) >= 11 is 1.57. The Bertz CT molecular complexity index is 1380. The SMILES string of the molecule is CC(=O)NCc1cccc(-c2cccc([C@@H]3O[C@H](CSc4ncn[nH]4)[C@H](C)[C@H](c4ccc(CO)cc4)O3)c2)c1. The number of aliphatic hydroxyl groups is 1. The van der Waals surface area contributed by atoms with Gasteiger partial charge in [0.25, 0.3) is 0 Å². The highest BCUT2D eigenvalue weighted by atomic mass is 32.2. The number of carbonyl (C=O) groups is 1. The first-order chi connectivity index (χ1) is 19.0. The van der Waals surface area contributed by atoms with Crippen molar-refractivity contribution in [1.29, 1.82) is 0 Å². The number of hydrogen-bond donors (Lipinski definition) is 3. The van der Waals surface area contributed by atoms with E-state index in [-0.39, 0.29) is 30.6 Å². The smallest absolute Gasteiger partial charge is 0.217 e. The van der Waals surface area contributed by atoms with Crippen LogP contribution in [0.2, 0.25) is 0 Å². The fourth-order valence-corrected chi connectivity index (χ4v) is 5.63. The molecule has 1 amide bonds. The topological polar surface area (TPSA) is 109 Å². The fraction of sp³-hybridized carbons (Fsp3) is 0.300. The quantitative estimate of drug-likeness (QED) is 0.249. The van der Waals surface area contributed by atoms with Gasteiger partial charge < -0.3 is 19.9 Å². The van der Waals surface area contributed by atoms with Gasteiger partial charge in [0.05, 0.1) is 18.8 Å². The average molecular weight is 545 g/mol. The summed E-state index contributed by atoms with van der Waals surface area (Å²) in [5.74, 6) is 0.705. The molecule has 0 aliphatic carbocycles. The lowest BCUT2D eigenvalue weighted by Gasteiger charge is -2.41. The molecule has 0 spiro atoms. The van der Waals surface area contributed by atoms with Crippen molar-refractivity contribution in [3.8, 4) is 11.1 Å². The number of aromatic nitrogens is 3. The van der Waals surface area contributed by atoms with Gasteiger partial charge in [-0.15, -0.1) is 0 Å². The van der Waals surface area contributed by atoms with E-state index < -0.39 is 6.29 Å². The summed E-state index contributed by atoms with van der Waals surface area (Å²) in [7, 11) is 0. The third-order valence-corrected chi connectivity index (χ3v) is 7.83. The van der Waals surface area contributed by atoms with Crippen LogP contribution in [-0.4, -0.2) is 38.1 Å². The largest absolute Gasteiger partial charge is 0.392 e. The second kappa shape index (κ2) is 12.6. The molecular formula is C30H32N4O4S. The summed E-state index contributed by atoms with van der Waals surface area (Å²) in [5.41, 5.74) is 5.96. The van der Waals surface area contributed by atoms with Crippen LogP contribution >= 0.6 is 11.8 Å². The van der Waals surface area contributed by atoms with E-state index in [0.29, 0.717) is 12.3 Å². The molecule has 0 unspecified atom stereocenters. The zero-order valence-corrected chi connectivity index (χ0v) is 22.7. The number of ether oxygens (including phenoxy) is 2. The van der Waals surface area contributed by atoms with Gasteiger partial charge in [-0.3, -0.25) is 9.89 Å². The number of aliphatic hydroxyl groups excluding tert-OH is 1. The number of thioether (sulfide) groups is 1. The number of rotatable bonds is 9. The predicted octanol–water partition coefficient (Wildman–Crippen LogP) is 5.18. The van der Waals surface area contributed by atoms with Gasteiger partial charge in [-0.25, -0.2) is 4.98 Å². The number of amides is 1. The van der Waals surface area contributed by atoms with E-state index in [1.165, 1.54) is 13.3 Å². The second-order valence-corrected chi connectivity index (χ2v) is 10.7. The molecule has 2 heterocycles. The number of H-pyrrole nitrogens is 1. The van der Waals surface area contributed by atoms with Crippen molar-refractivity contribution in [3.05, 3.63) is 101 Å². The Labute approximate surface area is 232 Å². The molecule has 4 aromatic rings. The lowest BCUT2D eigenvalue weighted by atomic mass is 9.91. The maximum Gasteiger partial charge on any atom is 0.217 e. The van der Waals surface area contributed by atoms with Crippen molar-refractivity contribution in [1.82, 2.24) is 20.5 Å². The zero-order valence-electron chi connectivity index (χ0n) is 21.9. The molecule has 0 radical (unpaired) electrons. The van der Waals surface area contributed by atoms with Gasteiger partial charge in [0.1, 0.15) is 6.33 Å². The molecule has 39 heavy (non-hydrogen) atoms. The number of nitrogens with one attached hydrogen (secondary N) is 2. The molecule has 1 fully saturated rings. The number of aromatic amines is 1. The molecule has 8 nitrogen and oxygen atoms in total. The van der Waals surface area contributed by atoms with Crippen LogP contribution < -0.4 is 5.32 Å². The molecule has 1 aliphatic heterocycles. The number of benzene rings is 3. The number of nitrogens with zero attached hydrogens (tertiary/aromatic N) is 2. The summed E-state index contributed by atoms with van der Waals surface area (Å²) in [5, 5.41) is 19.9. The summed E-state index contributed by atoms with van der Waals surface area (Å²) in [6.45, 7) is 4.15. The molecule has 0 saturated carbocycles. The van der Waals surface area contributed by atoms with Crippen molar-refractivity contribution < 1.29 is 19.4 Å². The van der Waals surface area contributed by atoms with Crippen LogP contribution in [0.15, 0.2) is 84.3 Å². The molecule has 3 N–H and O–H groups in total. The summed E-state index contributed by atoms with van der Waals surface area (Å²) in [6.07, 6.45) is 0.640. The molecular weight excluding hydrogens is 512 g/mol. The van der Waals surface area contributed by atoms with E-state index in [9.17, 15) is 9.90 Å². The van der Waals surface area contributed by atoms with Crippen LogP contribution in [0.3, 0.4) is 0 Å². The lowest BCUT2D eigenvalue weighted by Crippen LogP contribution is -2.38. The molecule has 4 atom stereocenters. The van der Waals surface area contributed by atoms with Crippen LogP contribution in [0.5, 0.6) is 0 Å². The molecule has 1 aromatic heterocycles. The Balaban J connectivity index is 1.41. The normalized spacial score (nSPS) is 21.0. The van der Waals surface area contributed by atoms with Crippen molar-refractivity contribution >= 4 is 17.7 Å². The minimum atomic E-state index is -0.563. The van der Waals surface area contributed by atoms with Crippen LogP contribution in [0, 0.1) is 5.92 Å². The summed E-state index contributed by atoms with van der Waals surface area (Å²) in [4.78, 5) is 15.6. The Morgan fingerprint density at radius 2 is 1.77 bits per heavy atom. The molecule has 202 valence electrons. The summed E-state index contributed by atoms with van der Waals surface area (Å²) in [6, 6.07) is 24.3. The Kier molecular flexibility index (Phi) is 8.73. The minimum Gasteiger partial charge on any atom is -0.392 e. The lowest BCUT2D eigenvalue weighted by molar-refractivity contribution is -0.268. The predicted molar refractivity (Wildman–Crippen MR) is 149 cm³/mol. The van der Waals surface area contributed by atoms with Gasteiger partial charge in [0.2, 0.25) is 5.91 Å². The van der Waals surface area contributed by atoms with Crippen LogP contribution in [-0.2, 0) is 27.4 Å². The molecule has 3 aromatic carbocycles. The number of hydrogen-bond acceptors (Lipinski definition) is 7. The maximum atomic E-state index is 11.4. The minimum absolute atomic E-state index is 0.00233. The first-order valence-corrected chi connectivity index (χ1v) is 13.9. The van der Waals surface area contributed by atoms with Crippen LogP contribution in [0.25, 0.3) is 11.1 Å². The van der Waals surface area contributed by atoms with Crippen LogP contribution in [0.4, 0.5) is 0 Å². The molecule has 1 saturated heterocycles. The average Bonchev–Trinajstić information content (AvgIpc) is 3.50. The zero-order chi connectivity index (χ0) is 27.2.